The highest BCUT2D eigenvalue weighted by Crippen LogP contribution is 2.34. The van der Waals surface area contributed by atoms with Gasteiger partial charge in [-0.15, -0.1) is 0 Å². The fourth-order valence-electron chi connectivity index (χ4n) is 2.00. The number of ketones is 1. The van der Waals surface area contributed by atoms with Crippen LogP contribution in [0.3, 0.4) is 0 Å². The molecule has 1 aromatic heterocycles. The van der Waals surface area contributed by atoms with Crippen LogP contribution in [0.4, 0.5) is 0 Å². The van der Waals surface area contributed by atoms with E-state index < -0.39 is 0 Å². The topological polar surface area (TPSA) is 42.1 Å². The van der Waals surface area contributed by atoms with Crippen molar-refractivity contribution in [3.8, 4) is 5.75 Å². The van der Waals surface area contributed by atoms with Gasteiger partial charge >= 0.3 is 0 Å². The largest absolute Gasteiger partial charge is 0.496 e. The lowest BCUT2D eigenvalue weighted by Gasteiger charge is -1.99. The van der Waals surface area contributed by atoms with Gasteiger partial charge in [-0.3, -0.25) is 4.79 Å². The summed E-state index contributed by atoms with van der Waals surface area (Å²) >= 11 is 0. The molecule has 0 amide bonds. The predicted molar refractivity (Wildman–Crippen MR) is 61.9 cm³/mol. The quantitative estimate of drug-likeness (QED) is 0.800. The minimum atomic E-state index is 0.234. The highest BCUT2D eigenvalue weighted by molar-refractivity contribution is 6.02. The number of carbonyl (C=O) groups excluding carboxylic acids is 1. The molecule has 0 aliphatic heterocycles. The number of fused-ring (bicyclic) bond motifs is 1. The lowest BCUT2D eigenvalue weighted by molar-refractivity contribution is 0.0963. The van der Waals surface area contributed by atoms with Gasteiger partial charge in [-0.2, -0.15) is 0 Å². The summed E-state index contributed by atoms with van der Waals surface area (Å²) in [6.07, 6.45) is 2.07. The summed E-state index contributed by atoms with van der Waals surface area (Å²) in [5.74, 6) is 1.29. The lowest BCUT2D eigenvalue weighted by atomic mass is 10.2. The molecule has 1 aliphatic rings. The van der Waals surface area contributed by atoms with Crippen molar-refractivity contribution >= 4 is 16.7 Å². The van der Waals surface area contributed by atoms with Crippen LogP contribution in [0.5, 0.6) is 5.75 Å². The maximum absolute atomic E-state index is 11.9. The highest BCUT2D eigenvalue weighted by Gasteiger charge is 2.31. The average molecular weight is 215 g/mol. The van der Waals surface area contributed by atoms with E-state index in [1.807, 2.05) is 24.3 Å². The summed E-state index contributed by atoms with van der Waals surface area (Å²) in [5, 5.41) is 0.981. The molecule has 0 saturated heterocycles. The zero-order chi connectivity index (χ0) is 11.1. The standard InChI is InChI=1S/C13H13NO2/c1-16-12-4-2-3-10-9(12)7-11(14-10)13(15)8-5-6-8/h2-4,7-8,14H,5-6H2,1H3. The van der Waals surface area contributed by atoms with Crippen molar-refractivity contribution < 1.29 is 9.53 Å². The summed E-state index contributed by atoms with van der Waals surface area (Å²) in [4.78, 5) is 15.1. The monoisotopic (exact) mass is 215 g/mol. The number of aromatic nitrogens is 1. The van der Waals surface area contributed by atoms with Crippen LogP contribution >= 0.6 is 0 Å². The van der Waals surface area contributed by atoms with Crippen LogP contribution in [0.2, 0.25) is 0 Å². The number of carbonyl (C=O) groups is 1. The molecule has 1 saturated carbocycles. The van der Waals surface area contributed by atoms with Crippen LogP contribution in [-0.4, -0.2) is 17.9 Å². The number of Topliss-reactive ketones (excluding diaryl/α,β-unsaturated/α-hetero) is 1. The van der Waals surface area contributed by atoms with Crippen molar-refractivity contribution in [3.05, 3.63) is 30.0 Å². The number of hydrogen-bond acceptors (Lipinski definition) is 2. The minimum Gasteiger partial charge on any atom is -0.496 e. The molecule has 0 unspecified atom stereocenters. The zero-order valence-electron chi connectivity index (χ0n) is 9.12. The van der Waals surface area contributed by atoms with Gasteiger partial charge in [0.05, 0.1) is 12.8 Å². The van der Waals surface area contributed by atoms with Crippen LogP contribution in [0.1, 0.15) is 23.3 Å². The Kier molecular flexibility index (Phi) is 1.99. The van der Waals surface area contributed by atoms with E-state index >= 15 is 0 Å². The van der Waals surface area contributed by atoms with E-state index in [-0.39, 0.29) is 11.7 Å². The number of ether oxygens (including phenoxy) is 1. The summed E-state index contributed by atoms with van der Waals surface area (Å²) in [5.41, 5.74) is 1.67. The molecule has 0 bridgehead atoms. The summed E-state index contributed by atoms with van der Waals surface area (Å²) in [6.45, 7) is 0. The van der Waals surface area contributed by atoms with E-state index in [9.17, 15) is 4.79 Å². The van der Waals surface area contributed by atoms with Gasteiger partial charge in [0.25, 0.3) is 0 Å². The van der Waals surface area contributed by atoms with Crippen LogP contribution in [-0.2, 0) is 0 Å². The minimum absolute atomic E-state index is 0.234. The third kappa shape index (κ3) is 1.40. The number of nitrogens with one attached hydrogen (secondary N) is 1. The Balaban J connectivity index is 2.11. The van der Waals surface area contributed by atoms with Gasteiger partial charge in [0.15, 0.2) is 5.78 Å². The molecule has 1 N–H and O–H groups in total. The summed E-state index contributed by atoms with van der Waals surface area (Å²) in [7, 11) is 1.64. The summed E-state index contributed by atoms with van der Waals surface area (Å²) < 4.78 is 5.27. The van der Waals surface area contributed by atoms with E-state index in [1.54, 1.807) is 7.11 Å². The smallest absolute Gasteiger partial charge is 0.182 e. The van der Waals surface area contributed by atoms with Crippen molar-refractivity contribution in [1.82, 2.24) is 4.98 Å². The Labute approximate surface area is 93.4 Å². The van der Waals surface area contributed by atoms with Gasteiger partial charge in [-0.1, -0.05) is 6.07 Å². The molecule has 3 rings (SSSR count). The molecule has 1 fully saturated rings. The SMILES string of the molecule is COc1cccc2[nH]c(C(=O)C3CC3)cc12. The van der Waals surface area contributed by atoms with E-state index in [0.717, 1.165) is 29.5 Å². The molecule has 82 valence electrons. The van der Waals surface area contributed by atoms with Crippen molar-refractivity contribution in [3.63, 3.8) is 0 Å². The van der Waals surface area contributed by atoms with Crippen LogP contribution in [0.15, 0.2) is 24.3 Å². The first kappa shape index (κ1) is 9.46. The highest BCUT2D eigenvalue weighted by atomic mass is 16.5. The van der Waals surface area contributed by atoms with Gasteiger partial charge in [0.1, 0.15) is 5.75 Å². The fourth-order valence-corrected chi connectivity index (χ4v) is 2.00. The van der Waals surface area contributed by atoms with Gasteiger partial charge in [-0.05, 0) is 31.0 Å². The Morgan fingerprint density at radius 1 is 1.44 bits per heavy atom. The third-order valence-corrected chi connectivity index (χ3v) is 3.06. The lowest BCUT2D eigenvalue weighted by Crippen LogP contribution is -2.00. The molecule has 2 aromatic rings. The molecule has 1 aliphatic carbocycles. The molecule has 0 radical (unpaired) electrons. The zero-order valence-corrected chi connectivity index (χ0v) is 9.12. The van der Waals surface area contributed by atoms with Crippen LogP contribution in [0, 0.1) is 5.92 Å². The van der Waals surface area contributed by atoms with E-state index in [4.69, 9.17) is 4.74 Å². The second kappa shape index (κ2) is 3.37. The molecule has 16 heavy (non-hydrogen) atoms. The molecule has 3 heteroatoms. The number of benzene rings is 1. The predicted octanol–water partition coefficient (Wildman–Crippen LogP) is 2.77. The fraction of sp³-hybridized carbons (Fsp3) is 0.308. The number of aromatic amines is 1. The van der Waals surface area contributed by atoms with Gasteiger partial charge in [-0.25, -0.2) is 0 Å². The number of methoxy groups -OCH3 is 1. The molecule has 3 nitrogen and oxygen atoms in total. The first-order valence-electron chi connectivity index (χ1n) is 5.49. The molecular weight excluding hydrogens is 202 g/mol. The van der Waals surface area contributed by atoms with Crippen LogP contribution in [0.25, 0.3) is 10.9 Å². The third-order valence-electron chi connectivity index (χ3n) is 3.06. The van der Waals surface area contributed by atoms with E-state index in [1.165, 1.54) is 0 Å². The molecule has 0 atom stereocenters. The first-order chi connectivity index (χ1) is 7.79. The molecular formula is C13H13NO2. The molecule has 1 heterocycles. The maximum Gasteiger partial charge on any atom is 0.182 e. The summed E-state index contributed by atoms with van der Waals surface area (Å²) in [6, 6.07) is 7.68. The van der Waals surface area contributed by atoms with E-state index in [2.05, 4.69) is 4.98 Å². The Morgan fingerprint density at radius 3 is 2.94 bits per heavy atom. The van der Waals surface area contributed by atoms with Crippen LogP contribution < -0.4 is 4.74 Å². The first-order valence-corrected chi connectivity index (χ1v) is 5.49. The van der Waals surface area contributed by atoms with Crippen molar-refractivity contribution in [2.45, 2.75) is 12.8 Å². The Morgan fingerprint density at radius 2 is 2.25 bits per heavy atom. The normalized spacial score (nSPS) is 15.3. The Hall–Kier alpha value is -1.77. The Bertz CT molecular complexity index is 552. The number of H-pyrrole nitrogens is 1. The van der Waals surface area contributed by atoms with Crippen molar-refractivity contribution in [1.29, 1.82) is 0 Å². The number of rotatable bonds is 3. The van der Waals surface area contributed by atoms with Crippen molar-refractivity contribution in [2.75, 3.05) is 7.11 Å². The van der Waals surface area contributed by atoms with Crippen molar-refractivity contribution in [2.24, 2.45) is 5.92 Å². The van der Waals surface area contributed by atoms with Gasteiger partial charge < -0.3 is 9.72 Å². The molecule has 1 aromatic carbocycles. The second-order valence-corrected chi connectivity index (χ2v) is 4.24. The van der Waals surface area contributed by atoms with Gasteiger partial charge in [0, 0.05) is 16.8 Å². The molecule has 0 spiro atoms. The second-order valence-electron chi connectivity index (χ2n) is 4.24. The maximum atomic E-state index is 11.9. The van der Waals surface area contributed by atoms with Gasteiger partial charge in [0.2, 0.25) is 0 Å². The average Bonchev–Trinajstić information content (AvgIpc) is 3.06. The number of hydrogen-bond donors (Lipinski definition) is 1. The van der Waals surface area contributed by atoms with E-state index in [0.29, 0.717) is 5.69 Å².